The molecule has 1 spiro atoms. The average Bonchev–Trinajstić information content (AvgIpc) is 4.08. The van der Waals surface area contributed by atoms with Crippen LogP contribution in [0.2, 0.25) is 0 Å². The topological polar surface area (TPSA) is 64.5 Å². The molecular formula is C68H49N5S. The van der Waals surface area contributed by atoms with E-state index < -0.39 is 5.41 Å². The Balaban J connectivity index is 1.00. The van der Waals surface area contributed by atoms with Gasteiger partial charge in [0.2, 0.25) is 0 Å². The quantitative estimate of drug-likeness (QED) is 0.172. The molecule has 0 bridgehead atoms. The van der Waals surface area contributed by atoms with Crippen LogP contribution in [0.3, 0.4) is 0 Å². The van der Waals surface area contributed by atoms with Crippen LogP contribution < -0.4 is 0 Å². The van der Waals surface area contributed by atoms with Gasteiger partial charge < -0.3 is 0 Å². The Morgan fingerprint density at radius 2 is 0.959 bits per heavy atom. The van der Waals surface area contributed by atoms with Crippen molar-refractivity contribution in [2.75, 3.05) is 0 Å². The van der Waals surface area contributed by atoms with E-state index in [1.54, 1.807) is 11.3 Å². The summed E-state index contributed by atoms with van der Waals surface area (Å²) >= 11 is 1.79. The van der Waals surface area contributed by atoms with Gasteiger partial charge in [0.05, 0.1) is 21.3 Å². The minimum absolute atomic E-state index is 0.150. The summed E-state index contributed by atoms with van der Waals surface area (Å²) in [5.74, 6) is 2.69. The van der Waals surface area contributed by atoms with Crippen molar-refractivity contribution >= 4 is 42.8 Å². The highest BCUT2D eigenvalue weighted by Gasteiger charge is 2.55. The lowest BCUT2D eigenvalue weighted by Gasteiger charge is -2.48. The summed E-state index contributed by atoms with van der Waals surface area (Å²) in [5.41, 5.74) is 21.8. The van der Waals surface area contributed by atoms with E-state index in [-0.39, 0.29) is 10.8 Å². The summed E-state index contributed by atoms with van der Waals surface area (Å²) in [7, 11) is 0. The molecule has 8 aromatic carbocycles. The first-order chi connectivity index (χ1) is 36.2. The molecule has 0 aliphatic heterocycles. The van der Waals surface area contributed by atoms with Crippen molar-refractivity contribution in [1.82, 2.24) is 24.9 Å². The molecule has 3 aromatic heterocycles. The molecule has 3 heterocycles. The van der Waals surface area contributed by atoms with Crippen LogP contribution in [0.25, 0.3) is 88.0 Å². The predicted molar refractivity (Wildman–Crippen MR) is 303 cm³/mol. The van der Waals surface area contributed by atoms with Crippen molar-refractivity contribution in [1.29, 1.82) is 0 Å². The van der Waals surface area contributed by atoms with Crippen LogP contribution in [-0.2, 0) is 16.2 Å². The Morgan fingerprint density at radius 1 is 0.405 bits per heavy atom. The van der Waals surface area contributed by atoms with E-state index in [9.17, 15) is 0 Å². The highest BCUT2D eigenvalue weighted by molar-refractivity contribution is 7.26. The molecule has 0 unspecified atom stereocenters. The van der Waals surface area contributed by atoms with Crippen LogP contribution in [0.15, 0.2) is 206 Å². The van der Waals surface area contributed by atoms with Gasteiger partial charge in [-0.3, -0.25) is 0 Å². The minimum atomic E-state index is -0.572. The molecule has 0 amide bonds. The Bertz CT molecular complexity index is 4150. The first kappa shape index (κ1) is 43.2. The number of hydrogen-bond acceptors (Lipinski definition) is 6. The molecule has 0 N–H and O–H groups in total. The SMILES string of the molecule is CC1(C)c2ccccc2-c2ccc(-c3nc(C4=CC5=C(CC4)C4(c6ccccc6C(C)(C)c6ccccc64)c4cccc(-c6nc(-c7ccccc7)nc(-c7ccccc7)n6)c45)nc4c3sc3ccccc34)cc21. The summed E-state index contributed by atoms with van der Waals surface area (Å²) in [5, 5.41) is 1.16. The lowest BCUT2D eigenvalue weighted by Crippen LogP contribution is -2.41. The second-order valence-electron chi connectivity index (χ2n) is 21.4. The van der Waals surface area contributed by atoms with Gasteiger partial charge in [-0.2, -0.15) is 0 Å². The van der Waals surface area contributed by atoms with Crippen LogP contribution in [0.4, 0.5) is 0 Å². The van der Waals surface area contributed by atoms with Crippen molar-refractivity contribution < 1.29 is 0 Å². The lowest BCUT2D eigenvalue weighted by atomic mass is 9.54. The summed E-state index contributed by atoms with van der Waals surface area (Å²) in [6, 6.07) is 70.4. The van der Waals surface area contributed by atoms with Gasteiger partial charge in [-0.25, -0.2) is 24.9 Å². The molecule has 0 radical (unpaired) electrons. The molecular weight excluding hydrogens is 919 g/mol. The third-order valence-corrected chi connectivity index (χ3v) is 18.0. The molecule has 5 nitrogen and oxygen atoms in total. The Morgan fingerprint density at radius 3 is 1.66 bits per heavy atom. The average molecular weight is 968 g/mol. The highest BCUT2D eigenvalue weighted by atomic mass is 32.1. The van der Waals surface area contributed by atoms with Crippen LogP contribution in [0.5, 0.6) is 0 Å². The number of thiophene rings is 1. The maximum Gasteiger partial charge on any atom is 0.164 e. The van der Waals surface area contributed by atoms with E-state index in [0.29, 0.717) is 17.5 Å². The number of aromatic nitrogens is 5. The van der Waals surface area contributed by atoms with Crippen molar-refractivity contribution in [2.24, 2.45) is 0 Å². The molecule has 15 rings (SSSR count). The van der Waals surface area contributed by atoms with Crippen LogP contribution >= 0.6 is 11.3 Å². The maximum atomic E-state index is 5.72. The molecule has 4 aliphatic rings. The first-order valence-corrected chi connectivity index (χ1v) is 26.6. The van der Waals surface area contributed by atoms with Gasteiger partial charge in [0.25, 0.3) is 0 Å². The summed E-state index contributed by atoms with van der Waals surface area (Å²) in [6.45, 7) is 9.48. The normalized spacial score (nSPS) is 16.1. The van der Waals surface area contributed by atoms with E-state index in [4.69, 9.17) is 24.9 Å². The lowest BCUT2D eigenvalue weighted by molar-refractivity contribution is 0.550. The molecule has 0 atom stereocenters. The highest BCUT2D eigenvalue weighted by Crippen LogP contribution is 2.64. The van der Waals surface area contributed by atoms with Crippen LogP contribution in [0, 0.1) is 0 Å². The van der Waals surface area contributed by atoms with E-state index in [2.05, 4.69) is 191 Å². The number of rotatable bonds is 5. The summed E-state index contributed by atoms with van der Waals surface area (Å²) in [4.78, 5) is 27.3. The number of nitrogens with zero attached hydrogens (tertiary/aromatic N) is 5. The fraction of sp³-hybridized carbons (Fsp3) is 0.132. The van der Waals surface area contributed by atoms with Gasteiger partial charge in [-0.15, -0.1) is 11.3 Å². The van der Waals surface area contributed by atoms with Gasteiger partial charge in [-0.05, 0) is 103 Å². The zero-order valence-corrected chi connectivity index (χ0v) is 42.4. The molecule has 0 saturated carbocycles. The third-order valence-electron chi connectivity index (χ3n) is 16.8. The number of fused-ring (bicyclic) bond motifs is 14. The Kier molecular flexibility index (Phi) is 9.20. The second-order valence-corrected chi connectivity index (χ2v) is 22.4. The van der Waals surface area contributed by atoms with Gasteiger partial charge in [0.15, 0.2) is 23.3 Å². The van der Waals surface area contributed by atoms with Crippen molar-refractivity contribution in [3.05, 3.63) is 256 Å². The Hall–Kier alpha value is -8.45. The van der Waals surface area contributed by atoms with Gasteiger partial charge in [-0.1, -0.05) is 210 Å². The smallest absolute Gasteiger partial charge is 0.164 e. The fourth-order valence-corrected chi connectivity index (χ4v) is 14.5. The maximum absolute atomic E-state index is 5.72. The molecule has 0 saturated heterocycles. The van der Waals surface area contributed by atoms with E-state index in [1.165, 1.54) is 65.9 Å². The molecule has 74 heavy (non-hydrogen) atoms. The van der Waals surface area contributed by atoms with Crippen LogP contribution in [0.1, 0.15) is 90.9 Å². The van der Waals surface area contributed by atoms with Crippen molar-refractivity contribution in [2.45, 2.75) is 56.8 Å². The largest absolute Gasteiger partial charge is 0.227 e. The first-order valence-electron chi connectivity index (χ1n) is 25.8. The van der Waals surface area contributed by atoms with E-state index >= 15 is 0 Å². The predicted octanol–water partition coefficient (Wildman–Crippen LogP) is 16.6. The van der Waals surface area contributed by atoms with Crippen LogP contribution in [-0.4, -0.2) is 24.9 Å². The van der Waals surface area contributed by atoms with Crippen molar-refractivity contribution in [3.63, 3.8) is 0 Å². The standard InChI is InChI=1S/C68H49N5S/c1-66(2)49-27-13-11-24-44(49)45-36-34-42(39-56(45)66)59-61-60(46-25-12-18-33-57(46)74-61)70-64(69-59)43-35-37-50-48(38-43)58-47(65-72-62(40-20-7-5-8-21-40)71-63(73-65)41-22-9-6-10-23-41)26-19-32-55(58)68(50)53-30-16-14-28-51(53)67(3,4)52-29-15-17-31-54(52)68/h5-34,36,38-39H,35,37H2,1-4H3. The van der Waals surface area contributed by atoms with Crippen molar-refractivity contribution in [3.8, 4) is 56.5 Å². The molecule has 11 aromatic rings. The molecule has 6 heteroatoms. The Labute approximate surface area is 434 Å². The monoisotopic (exact) mass is 967 g/mol. The third kappa shape index (κ3) is 6.00. The molecule has 0 fully saturated rings. The van der Waals surface area contributed by atoms with Gasteiger partial charge >= 0.3 is 0 Å². The van der Waals surface area contributed by atoms with E-state index in [1.807, 2.05) is 36.4 Å². The number of benzene rings is 8. The van der Waals surface area contributed by atoms with E-state index in [0.717, 1.165) is 73.4 Å². The number of hydrogen-bond donors (Lipinski definition) is 0. The zero-order valence-electron chi connectivity index (χ0n) is 41.6. The minimum Gasteiger partial charge on any atom is -0.227 e. The van der Waals surface area contributed by atoms with Gasteiger partial charge in [0, 0.05) is 43.2 Å². The fourth-order valence-electron chi connectivity index (χ4n) is 13.3. The second kappa shape index (κ2) is 15.8. The summed E-state index contributed by atoms with van der Waals surface area (Å²) in [6.07, 6.45) is 4.03. The molecule has 4 aliphatic carbocycles. The zero-order chi connectivity index (χ0) is 49.5. The molecule has 352 valence electrons. The summed E-state index contributed by atoms with van der Waals surface area (Å²) < 4.78 is 2.32. The number of allylic oxidation sites excluding steroid dienone is 4. The van der Waals surface area contributed by atoms with Gasteiger partial charge in [0.1, 0.15) is 0 Å².